The van der Waals surface area contributed by atoms with Crippen molar-refractivity contribution in [3.63, 3.8) is 0 Å². The van der Waals surface area contributed by atoms with Crippen molar-refractivity contribution in [2.45, 2.75) is 19.2 Å². The van der Waals surface area contributed by atoms with Crippen molar-refractivity contribution in [2.75, 3.05) is 0 Å². The van der Waals surface area contributed by atoms with E-state index in [4.69, 9.17) is 0 Å². The maximum atomic E-state index is 13.0. The van der Waals surface area contributed by atoms with Gasteiger partial charge >= 0.3 is 6.18 Å². The molecular weight excluding hydrogens is 231 g/mol. The average Bonchev–Trinajstić information content (AvgIpc) is 2.52. The van der Waals surface area contributed by atoms with Crippen LogP contribution < -0.4 is 0 Å². The second-order valence-electron chi connectivity index (χ2n) is 4.01. The first-order chi connectivity index (χ1) is 7.84. The molecule has 0 saturated heterocycles. The zero-order valence-electron chi connectivity index (χ0n) is 9.42. The molecule has 0 aliphatic rings. The van der Waals surface area contributed by atoms with E-state index in [2.05, 4.69) is 0 Å². The van der Waals surface area contributed by atoms with Crippen molar-refractivity contribution in [2.24, 2.45) is 7.05 Å². The van der Waals surface area contributed by atoms with Crippen molar-refractivity contribution >= 4 is 10.9 Å². The van der Waals surface area contributed by atoms with Gasteiger partial charge in [-0.2, -0.15) is 13.2 Å². The van der Waals surface area contributed by atoms with Gasteiger partial charge in [0.25, 0.3) is 0 Å². The third kappa shape index (κ3) is 1.80. The van der Waals surface area contributed by atoms with Crippen LogP contribution in [-0.4, -0.2) is 9.67 Å². The molecule has 1 atom stereocenters. The summed E-state index contributed by atoms with van der Waals surface area (Å²) in [5, 5.41) is 9.65. The minimum Gasteiger partial charge on any atom is -0.387 e. The van der Waals surface area contributed by atoms with Gasteiger partial charge in [-0.1, -0.05) is 18.2 Å². The number of hydrogen-bond acceptors (Lipinski definition) is 1. The molecule has 0 aliphatic carbocycles. The van der Waals surface area contributed by atoms with E-state index >= 15 is 0 Å². The second-order valence-corrected chi connectivity index (χ2v) is 4.01. The molecule has 0 amide bonds. The van der Waals surface area contributed by atoms with E-state index in [0.717, 1.165) is 0 Å². The highest BCUT2D eigenvalue weighted by molar-refractivity contribution is 5.86. The molecule has 0 aliphatic heterocycles. The van der Waals surface area contributed by atoms with Gasteiger partial charge < -0.3 is 9.67 Å². The fourth-order valence-electron chi connectivity index (χ4n) is 2.20. The predicted molar refractivity (Wildman–Crippen MR) is 58.6 cm³/mol. The van der Waals surface area contributed by atoms with E-state index < -0.39 is 17.8 Å². The smallest absolute Gasteiger partial charge is 0.387 e. The van der Waals surface area contributed by atoms with Gasteiger partial charge in [0.1, 0.15) is 0 Å². The maximum absolute atomic E-state index is 13.0. The molecule has 1 heterocycles. The number of nitrogens with zero attached hydrogens (tertiary/aromatic N) is 1. The monoisotopic (exact) mass is 243 g/mol. The van der Waals surface area contributed by atoms with Crippen LogP contribution in [0.5, 0.6) is 0 Å². The van der Waals surface area contributed by atoms with Gasteiger partial charge in [-0.15, -0.1) is 0 Å². The molecule has 5 heteroatoms. The Bertz CT molecular complexity index is 555. The van der Waals surface area contributed by atoms with Crippen molar-refractivity contribution in [3.05, 3.63) is 35.5 Å². The lowest BCUT2D eigenvalue weighted by Gasteiger charge is -2.12. The Kier molecular flexibility index (Phi) is 2.66. The van der Waals surface area contributed by atoms with Crippen molar-refractivity contribution in [3.8, 4) is 0 Å². The zero-order valence-corrected chi connectivity index (χ0v) is 9.42. The molecule has 0 saturated carbocycles. The third-order valence-corrected chi connectivity index (χ3v) is 2.83. The fraction of sp³-hybridized carbons (Fsp3) is 0.333. The molecule has 0 bridgehead atoms. The molecular formula is C12H12F3NO. The normalized spacial score (nSPS) is 14.2. The number of para-hydroxylation sites is 1. The molecule has 1 unspecified atom stereocenters. The first-order valence-corrected chi connectivity index (χ1v) is 5.16. The fourth-order valence-corrected chi connectivity index (χ4v) is 2.20. The van der Waals surface area contributed by atoms with Gasteiger partial charge in [-0.05, 0) is 13.0 Å². The Morgan fingerprint density at radius 2 is 1.82 bits per heavy atom. The van der Waals surface area contributed by atoms with E-state index in [1.807, 2.05) is 0 Å². The lowest BCUT2D eigenvalue weighted by atomic mass is 10.1. The number of halogens is 3. The van der Waals surface area contributed by atoms with Crippen LogP contribution in [0.1, 0.15) is 24.3 Å². The molecule has 0 radical (unpaired) electrons. The Labute approximate surface area is 96.3 Å². The van der Waals surface area contributed by atoms with Gasteiger partial charge in [-0.3, -0.25) is 0 Å². The Hall–Kier alpha value is -1.49. The average molecular weight is 243 g/mol. The summed E-state index contributed by atoms with van der Waals surface area (Å²) in [6.45, 7) is 1.34. The number of aliphatic hydroxyl groups is 1. The highest BCUT2D eigenvalue weighted by Gasteiger charge is 2.38. The molecule has 2 rings (SSSR count). The molecule has 0 fully saturated rings. The number of fused-ring (bicyclic) bond motifs is 1. The van der Waals surface area contributed by atoms with E-state index in [1.165, 1.54) is 24.6 Å². The van der Waals surface area contributed by atoms with Crippen LogP contribution in [-0.2, 0) is 13.2 Å². The minimum atomic E-state index is -4.47. The summed E-state index contributed by atoms with van der Waals surface area (Å²) in [5.74, 6) is 0. The largest absolute Gasteiger partial charge is 0.418 e. The number of aryl methyl sites for hydroxylation is 1. The highest BCUT2D eigenvalue weighted by atomic mass is 19.4. The molecule has 0 spiro atoms. The van der Waals surface area contributed by atoms with E-state index in [0.29, 0.717) is 5.52 Å². The maximum Gasteiger partial charge on any atom is 0.418 e. The molecule has 1 aromatic heterocycles. The summed E-state index contributed by atoms with van der Waals surface area (Å²) >= 11 is 0. The van der Waals surface area contributed by atoms with Crippen molar-refractivity contribution < 1.29 is 18.3 Å². The molecule has 1 aromatic carbocycles. The quantitative estimate of drug-likeness (QED) is 0.817. The van der Waals surface area contributed by atoms with Crippen molar-refractivity contribution in [1.82, 2.24) is 4.57 Å². The summed E-state index contributed by atoms with van der Waals surface area (Å²) in [6.07, 6.45) is -5.63. The summed E-state index contributed by atoms with van der Waals surface area (Å²) in [7, 11) is 1.53. The zero-order chi connectivity index (χ0) is 12.8. The topological polar surface area (TPSA) is 25.2 Å². The first-order valence-electron chi connectivity index (χ1n) is 5.16. The predicted octanol–water partition coefficient (Wildman–Crippen LogP) is 3.25. The van der Waals surface area contributed by atoms with Gasteiger partial charge in [0, 0.05) is 18.0 Å². The second kappa shape index (κ2) is 3.77. The van der Waals surface area contributed by atoms with Gasteiger partial charge in [0.05, 0.1) is 17.4 Å². The van der Waals surface area contributed by atoms with Crippen LogP contribution in [0, 0.1) is 0 Å². The Balaban J connectivity index is 2.91. The minimum absolute atomic E-state index is 0.0984. The molecule has 2 nitrogen and oxygen atoms in total. The number of benzene rings is 1. The van der Waals surface area contributed by atoms with Crippen LogP contribution in [0.25, 0.3) is 10.9 Å². The van der Waals surface area contributed by atoms with Crippen LogP contribution in [0.3, 0.4) is 0 Å². The summed E-state index contributed by atoms with van der Waals surface area (Å²) in [4.78, 5) is 0. The molecule has 2 aromatic rings. The molecule has 17 heavy (non-hydrogen) atoms. The lowest BCUT2D eigenvalue weighted by molar-refractivity contribution is -0.138. The number of aliphatic hydroxyl groups excluding tert-OH is 1. The molecule has 92 valence electrons. The van der Waals surface area contributed by atoms with E-state index in [-0.39, 0.29) is 11.1 Å². The number of alkyl halides is 3. The van der Waals surface area contributed by atoms with E-state index in [1.54, 1.807) is 18.2 Å². The molecule has 1 N–H and O–H groups in total. The summed E-state index contributed by atoms with van der Waals surface area (Å²) in [5.41, 5.74) is -0.375. The Morgan fingerprint density at radius 3 is 2.35 bits per heavy atom. The van der Waals surface area contributed by atoms with Crippen LogP contribution in [0.4, 0.5) is 13.2 Å². The van der Waals surface area contributed by atoms with Gasteiger partial charge in [0.2, 0.25) is 0 Å². The van der Waals surface area contributed by atoms with Crippen LogP contribution in [0.2, 0.25) is 0 Å². The lowest BCUT2D eigenvalue weighted by Crippen LogP contribution is -2.11. The van der Waals surface area contributed by atoms with Gasteiger partial charge in [0.15, 0.2) is 0 Å². The third-order valence-electron chi connectivity index (χ3n) is 2.83. The highest BCUT2D eigenvalue weighted by Crippen LogP contribution is 2.41. The Morgan fingerprint density at radius 1 is 1.24 bits per heavy atom. The van der Waals surface area contributed by atoms with Crippen molar-refractivity contribution in [1.29, 1.82) is 0 Å². The van der Waals surface area contributed by atoms with Crippen LogP contribution >= 0.6 is 0 Å². The first kappa shape index (κ1) is 12.0. The summed E-state index contributed by atoms with van der Waals surface area (Å²) in [6, 6.07) is 6.26. The summed E-state index contributed by atoms with van der Waals surface area (Å²) < 4.78 is 40.5. The SMILES string of the molecule is CC(O)c1c(C(F)(F)F)c2ccccc2n1C. The number of aromatic nitrogens is 1. The standard InChI is InChI=1S/C12H12F3NO/c1-7(17)11-10(12(13,14)15)8-5-3-4-6-9(8)16(11)2/h3-7,17H,1-2H3. The van der Waals surface area contributed by atoms with Crippen LogP contribution in [0.15, 0.2) is 24.3 Å². The van der Waals surface area contributed by atoms with Gasteiger partial charge in [-0.25, -0.2) is 0 Å². The number of rotatable bonds is 1. The number of hydrogen-bond donors (Lipinski definition) is 1. The van der Waals surface area contributed by atoms with E-state index in [9.17, 15) is 18.3 Å².